The second kappa shape index (κ2) is 4.92. The fourth-order valence-electron chi connectivity index (χ4n) is 1.10. The number of ether oxygens (including phenoxy) is 1. The molecule has 1 N–H and O–H groups in total. The molecule has 1 aromatic carbocycles. The summed E-state index contributed by atoms with van der Waals surface area (Å²) in [5.41, 5.74) is -0.0990. The van der Waals surface area contributed by atoms with Gasteiger partial charge in [0.1, 0.15) is 5.75 Å². The van der Waals surface area contributed by atoms with Crippen molar-refractivity contribution in [3.05, 3.63) is 29.8 Å². The van der Waals surface area contributed by atoms with E-state index in [9.17, 15) is 13.6 Å². The van der Waals surface area contributed by atoms with Crippen molar-refractivity contribution < 1.29 is 23.4 Å². The van der Waals surface area contributed by atoms with Crippen LogP contribution in [0.1, 0.15) is 18.9 Å². The van der Waals surface area contributed by atoms with Gasteiger partial charge in [0.2, 0.25) is 0 Å². The van der Waals surface area contributed by atoms with Crippen LogP contribution in [0.2, 0.25) is 0 Å². The number of carboxylic acids is 1. The van der Waals surface area contributed by atoms with Crippen LogP contribution < -0.4 is 4.74 Å². The molecular formula is C11H12F2O3. The van der Waals surface area contributed by atoms with Crippen LogP contribution in [-0.2, 0) is 10.7 Å². The van der Waals surface area contributed by atoms with Crippen molar-refractivity contribution in [1.29, 1.82) is 0 Å². The predicted octanol–water partition coefficient (Wildman–Crippen LogP) is 2.65. The summed E-state index contributed by atoms with van der Waals surface area (Å²) in [5, 5.41) is 8.36. The molecule has 0 aliphatic rings. The Hall–Kier alpha value is -1.65. The lowest BCUT2D eigenvalue weighted by atomic mass is 10.1. The summed E-state index contributed by atoms with van der Waals surface area (Å²) < 4.78 is 30.7. The van der Waals surface area contributed by atoms with E-state index in [-0.39, 0.29) is 18.6 Å². The molecule has 0 saturated carbocycles. The van der Waals surface area contributed by atoms with E-state index >= 15 is 0 Å². The maximum Gasteiger partial charge on any atom is 0.306 e. The maximum atomic E-state index is 12.8. The van der Waals surface area contributed by atoms with Gasteiger partial charge in [-0.1, -0.05) is 0 Å². The Balaban J connectivity index is 2.55. The number of benzene rings is 1. The highest BCUT2D eigenvalue weighted by Crippen LogP contribution is 2.28. The molecule has 0 aromatic heterocycles. The van der Waals surface area contributed by atoms with E-state index in [1.165, 1.54) is 24.3 Å². The zero-order valence-corrected chi connectivity index (χ0v) is 8.74. The highest BCUT2D eigenvalue weighted by molar-refractivity contribution is 5.66. The number of aliphatic carboxylic acids is 1. The van der Waals surface area contributed by atoms with Gasteiger partial charge in [0.15, 0.2) is 0 Å². The van der Waals surface area contributed by atoms with E-state index in [4.69, 9.17) is 9.84 Å². The van der Waals surface area contributed by atoms with Gasteiger partial charge < -0.3 is 9.84 Å². The first kappa shape index (κ1) is 12.4. The van der Waals surface area contributed by atoms with E-state index in [0.29, 0.717) is 5.75 Å². The quantitative estimate of drug-likeness (QED) is 0.845. The fraction of sp³-hybridized carbons (Fsp3) is 0.364. The molecule has 0 unspecified atom stereocenters. The molecule has 0 amide bonds. The van der Waals surface area contributed by atoms with Crippen LogP contribution in [0.15, 0.2) is 24.3 Å². The van der Waals surface area contributed by atoms with Gasteiger partial charge >= 0.3 is 5.97 Å². The van der Waals surface area contributed by atoms with Gasteiger partial charge in [0.25, 0.3) is 5.92 Å². The second-order valence-electron chi connectivity index (χ2n) is 3.40. The minimum absolute atomic E-state index is 0.0250. The minimum Gasteiger partial charge on any atom is -0.493 e. The molecule has 5 heteroatoms. The monoisotopic (exact) mass is 230 g/mol. The molecule has 0 saturated heterocycles. The number of carbonyl (C=O) groups is 1. The molecule has 0 spiro atoms. The molecular weight excluding hydrogens is 218 g/mol. The summed E-state index contributed by atoms with van der Waals surface area (Å²) in [6.45, 7) is 0.838. The Labute approximate surface area is 91.7 Å². The third-order valence-electron chi connectivity index (χ3n) is 1.95. The first-order valence-electron chi connectivity index (χ1n) is 4.72. The average molecular weight is 230 g/mol. The van der Waals surface area contributed by atoms with Crippen LogP contribution in [0.5, 0.6) is 5.75 Å². The normalized spacial score (nSPS) is 11.2. The molecule has 0 aliphatic heterocycles. The Kier molecular flexibility index (Phi) is 3.82. The van der Waals surface area contributed by atoms with E-state index in [2.05, 4.69) is 0 Å². The molecule has 0 bridgehead atoms. The van der Waals surface area contributed by atoms with Crippen molar-refractivity contribution in [2.45, 2.75) is 19.3 Å². The maximum absolute atomic E-state index is 12.8. The topological polar surface area (TPSA) is 46.5 Å². The van der Waals surface area contributed by atoms with Crippen LogP contribution in [0.4, 0.5) is 8.78 Å². The van der Waals surface area contributed by atoms with Crippen LogP contribution >= 0.6 is 0 Å². The molecule has 3 nitrogen and oxygen atoms in total. The van der Waals surface area contributed by atoms with E-state index in [0.717, 1.165) is 6.92 Å². The lowest BCUT2D eigenvalue weighted by Gasteiger charge is -2.11. The van der Waals surface area contributed by atoms with Crippen LogP contribution in [0.3, 0.4) is 0 Å². The van der Waals surface area contributed by atoms with E-state index in [1.54, 1.807) is 0 Å². The minimum atomic E-state index is -2.88. The van der Waals surface area contributed by atoms with Crippen molar-refractivity contribution >= 4 is 5.97 Å². The summed E-state index contributed by atoms with van der Waals surface area (Å²) in [7, 11) is 0. The Morgan fingerprint density at radius 1 is 1.38 bits per heavy atom. The number of alkyl halides is 2. The predicted molar refractivity (Wildman–Crippen MR) is 53.8 cm³/mol. The number of hydrogen-bond donors (Lipinski definition) is 1. The van der Waals surface area contributed by atoms with Gasteiger partial charge in [-0.3, -0.25) is 4.79 Å². The Bertz CT molecular complexity index is 354. The standard InChI is InChI=1S/C11H12F2O3/c1-11(12,13)8-2-4-9(5-3-8)16-7-6-10(14)15/h2-5H,6-7H2,1H3,(H,14,15). The van der Waals surface area contributed by atoms with Crippen LogP contribution in [0, 0.1) is 0 Å². The van der Waals surface area contributed by atoms with E-state index in [1.807, 2.05) is 0 Å². The number of rotatable bonds is 5. The zero-order valence-electron chi connectivity index (χ0n) is 8.74. The summed E-state index contributed by atoms with van der Waals surface area (Å²) in [6, 6.07) is 5.31. The fourth-order valence-corrected chi connectivity index (χ4v) is 1.10. The zero-order chi connectivity index (χ0) is 12.2. The summed E-state index contributed by atoms with van der Waals surface area (Å²) in [6.07, 6.45) is -0.119. The smallest absolute Gasteiger partial charge is 0.306 e. The lowest BCUT2D eigenvalue weighted by Crippen LogP contribution is -2.07. The molecule has 0 fully saturated rings. The molecule has 0 aliphatic carbocycles. The summed E-state index contributed by atoms with van der Waals surface area (Å²) in [5.74, 6) is -3.45. The lowest BCUT2D eigenvalue weighted by molar-refractivity contribution is -0.137. The molecule has 1 aromatic rings. The Morgan fingerprint density at radius 2 is 1.94 bits per heavy atom. The molecule has 0 atom stereocenters. The highest BCUT2D eigenvalue weighted by Gasteiger charge is 2.23. The molecule has 88 valence electrons. The SMILES string of the molecule is CC(F)(F)c1ccc(OCCC(=O)O)cc1. The van der Waals surface area contributed by atoms with Gasteiger partial charge in [-0.15, -0.1) is 0 Å². The molecule has 1 rings (SSSR count). The third kappa shape index (κ3) is 3.84. The van der Waals surface area contributed by atoms with Crippen molar-refractivity contribution in [2.75, 3.05) is 6.61 Å². The first-order chi connectivity index (χ1) is 7.39. The average Bonchev–Trinajstić information content (AvgIpc) is 2.16. The van der Waals surface area contributed by atoms with Crippen LogP contribution in [-0.4, -0.2) is 17.7 Å². The second-order valence-corrected chi connectivity index (χ2v) is 3.40. The number of hydrogen-bond acceptors (Lipinski definition) is 2. The third-order valence-corrected chi connectivity index (χ3v) is 1.95. The van der Waals surface area contributed by atoms with Crippen molar-refractivity contribution in [1.82, 2.24) is 0 Å². The molecule has 0 radical (unpaired) electrons. The summed E-state index contributed by atoms with van der Waals surface area (Å²) >= 11 is 0. The van der Waals surface area contributed by atoms with Crippen molar-refractivity contribution in [3.8, 4) is 5.75 Å². The van der Waals surface area contributed by atoms with Gasteiger partial charge in [0.05, 0.1) is 13.0 Å². The van der Waals surface area contributed by atoms with Crippen molar-refractivity contribution in [3.63, 3.8) is 0 Å². The number of carboxylic acid groups (broad SMARTS) is 1. The Morgan fingerprint density at radius 3 is 2.38 bits per heavy atom. The van der Waals surface area contributed by atoms with Crippen LogP contribution in [0.25, 0.3) is 0 Å². The van der Waals surface area contributed by atoms with Gasteiger partial charge in [-0.25, -0.2) is 8.78 Å². The number of halogens is 2. The van der Waals surface area contributed by atoms with Gasteiger partial charge in [0, 0.05) is 12.5 Å². The van der Waals surface area contributed by atoms with Crippen molar-refractivity contribution in [2.24, 2.45) is 0 Å². The molecule has 0 heterocycles. The van der Waals surface area contributed by atoms with Gasteiger partial charge in [-0.2, -0.15) is 0 Å². The van der Waals surface area contributed by atoms with Gasteiger partial charge in [-0.05, 0) is 24.3 Å². The highest BCUT2D eigenvalue weighted by atomic mass is 19.3. The van der Waals surface area contributed by atoms with E-state index < -0.39 is 11.9 Å². The first-order valence-corrected chi connectivity index (χ1v) is 4.72. The molecule has 16 heavy (non-hydrogen) atoms. The largest absolute Gasteiger partial charge is 0.493 e. The summed E-state index contributed by atoms with van der Waals surface area (Å²) in [4.78, 5) is 10.2.